The van der Waals surface area contributed by atoms with Crippen molar-refractivity contribution in [2.45, 2.75) is 57.2 Å². The molecule has 3 heterocycles. The molecule has 5 N–H and O–H groups in total. The zero-order chi connectivity index (χ0) is 22.7. The Labute approximate surface area is 190 Å². The fourth-order valence-corrected chi connectivity index (χ4v) is 5.64. The molecule has 9 nitrogen and oxygen atoms in total. The molecule has 2 aromatic rings. The monoisotopic (exact) mass is 459 g/mol. The van der Waals surface area contributed by atoms with Crippen molar-refractivity contribution in [3.05, 3.63) is 23.2 Å². The molecule has 2 atom stereocenters. The number of anilines is 1. The zero-order valence-corrected chi connectivity index (χ0v) is 18.7. The minimum atomic E-state index is -0.990. The molecule has 0 aromatic carbocycles. The fourth-order valence-electron chi connectivity index (χ4n) is 4.64. The fraction of sp³-hybridized carbons (Fsp3) is 0.545. The highest BCUT2D eigenvalue weighted by Gasteiger charge is 2.42. The number of likely N-dealkylation sites (tertiary alicyclic amines) is 1. The Morgan fingerprint density at radius 1 is 1.25 bits per heavy atom. The molecule has 1 saturated carbocycles. The quantitative estimate of drug-likeness (QED) is 0.472. The lowest BCUT2D eigenvalue weighted by molar-refractivity contribution is -0.150. The SMILES string of the molecule is Nc1nccc2sc(CNC(=O)[C@@H]3CCN3C(=O)[C@H](NCC(=O)O)C3CCCCC3)cc12. The minimum Gasteiger partial charge on any atom is -0.480 e. The van der Waals surface area contributed by atoms with Crippen molar-refractivity contribution in [3.63, 3.8) is 0 Å². The summed E-state index contributed by atoms with van der Waals surface area (Å²) in [5.74, 6) is -0.762. The Balaban J connectivity index is 1.38. The molecule has 0 spiro atoms. The number of carbonyl (C=O) groups is 3. The van der Waals surface area contributed by atoms with Crippen molar-refractivity contribution >= 4 is 45.0 Å². The first-order valence-corrected chi connectivity index (χ1v) is 11.9. The van der Waals surface area contributed by atoms with Crippen LogP contribution in [0.25, 0.3) is 10.1 Å². The van der Waals surface area contributed by atoms with Crippen LogP contribution in [0.5, 0.6) is 0 Å². The van der Waals surface area contributed by atoms with Crippen molar-refractivity contribution < 1.29 is 19.5 Å². The van der Waals surface area contributed by atoms with E-state index in [-0.39, 0.29) is 24.3 Å². The van der Waals surface area contributed by atoms with Crippen LogP contribution in [-0.2, 0) is 20.9 Å². The number of aromatic nitrogens is 1. The molecule has 10 heteroatoms. The number of pyridine rings is 1. The molecule has 1 aliphatic heterocycles. The maximum Gasteiger partial charge on any atom is 0.317 e. The molecule has 0 radical (unpaired) electrons. The topological polar surface area (TPSA) is 138 Å². The van der Waals surface area contributed by atoms with Crippen LogP contribution >= 0.6 is 11.3 Å². The molecule has 2 aromatic heterocycles. The van der Waals surface area contributed by atoms with Crippen molar-refractivity contribution in [1.82, 2.24) is 20.5 Å². The predicted octanol–water partition coefficient (Wildman–Crippen LogP) is 1.72. The van der Waals surface area contributed by atoms with Crippen molar-refractivity contribution in [1.29, 1.82) is 0 Å². The van der Waals surface area contributed by atoms with E-state index in [9.17, 15) is 14.4 Å². The van der Waals surface area contributed by atoms with Crippen molar-refractivity contribution in [3.8, 4) is 0 Å². The number of rotatable bonds is 8. The van der Waals surface area contributed by atoms with Crippen LogP contribution in [0.3, 0.4) is 0 Å². The van der Waals surface area contributed by atoms with Crippen LogP contribution in [0, 0.1) is 5.92 Å². The van der Waals surface area contributed by atoms with Crippen LogP contribution in [0.15, 0.2) is 18.3 Å². The van der Waals surface area contributed by atoms with Crippen LogP contribution < -0.4 is 16.4 Å². The van der Waals surface area contributed by atoms with E-state index in [1.165, 1.54) is 0 Å². The molecular weight excluding hydrogens is 430 g/mol. The molecule has 2 amide bonds. The first-order chi connectivity index (χ1) is 15.4. The summed E-state index contributed by atoms with van der Waals surface area (Å²) < 4.78 is 1.02. The van der Waals surface area contributed by atoms with Gasteiger partial charge in [0.1, 0.15) is 11.9 Å². The van der Waals surface area contributed by atoms with Crippen molar-refractivity contribution in [2.24, 2.45) is 5.92 Å². The second-order valence-corrected chi connectivity index (χ2v) is 9.69. The molecule has 4 rings (SSSR count). The van der Waals surface area contributed by atoms with Gasteiger partial charge in [0, 0.05) is 27.7 Å². The molecule has 2 aliphatic rings. The normalized spacial score (nSPS) is 20.0. The summed E-state index contributed by atoms with van der Waals surface area (Å²) in [5, 5.41) is 15.8. The summed E-state index contributed by atoms with van der Waals surface area (Å²) >= 11 is 1.55. The van der Waals surface area contributed by atoms with Gasteiger partial charge in [0.15, 0.2) is 0 Å². The maximum absolute atomic E-state index is 13.3. The number of nitrogens with two attached hydrogens (primary N) is 1. The summed E-state index contributed by atoms with van der Waals surface area (Å²) in [6.07, 6.45) is 7.30. The summed E-state index contributed by atoms with van der Waals surface area (Å²) in [6.45, 7) is 0.612. The number of carboxylic acid groups (broad SMARTS) is 1. The average molecular weight is 460 g/mol. The Bertz CT molecular complexity index is 1000. The van der Waals surface area contributed by atoms with E-state index in [4.69, 9.17) is 10.8 Å². The Hall–Kier alpha value is -2.72. The first-order valence-electron chi connectivity index (χ1n) is 11.1. The third kappa shape index (κ3) is 4.86. The van der Waals surface area contributed by atoms with Gasteiger partial charge in [-0.1, -0.05) is 19.3 Å². The Morgan fingerprint density at radius 2 is 2.03 bits per heavy atom. The molecule has 172 valence electrons. The van der Waals surface area contributed by atoms with Gasteiger partial charge in [0.05, 0.1) is 19.1 Å². The molecule has 0 bridgehead atoms. The number of amides is 2. The molecule has 1 saturated heterocycles. The van der Waals surface area contributed by atoms with Gasteiger partial charge in [-0.15, -0.1) is 11.3 Å². The van der Waals surface area contributed by atoms with Crippen LogP contribution in [0.1, 0.15) is 43.4 Å². The van der Waals surface area contributed by atoms with Crippen LogP contribution in [-0.4, -0.2) is 57.9 Å². The third-order valence-corrected chi connectivity index (χ3v) is 7.53. The minimum absolute atomic E-state index is 0.109. The van der Waals surface area contributed by atoms with E-state index in [1.807, 2.05) is 12.1 Å². The average Bonchev–Trinajstić information content (AvgIpc) is 3.17. The summed E-state index contributed by atoms with van der Waals surface area (Å²) in [4.78, 5) is 43.8. The van der Waals surface area contributed by atoms with Gasteiger partial charge in [0.2, 0.25) is 11.8 Å². The predicted molar refractivity (Wildman–Crippen MR) is 122 cm³/mol. The Morgan fingerprint density at radius 3 is 2.69 bits per heavy atom. The molecule has 1 aliphatic carbocycles. The number of fused-ring (bicyclic) bond motifs is 1. The number of hydrogen-bond acceptors (Lipinski definition) is 7. The highest BCUT2D eigenvalue weighted by molar-refractivity contribution is 7.19. The van der Waals surface area contributed by atoms with Gasteiger partial charge in [0.25, 0.3) is 0 Å². The number of nitrogens with one attached hydrogen (secondary N) is 2. The molecule has 2 fully saturated rings. The second-order valence-electron chi connectivity index (χ2n) is 8.53. The summed E-state index contributed by atoms with van der Waals surface area (Å²) in [7, 11) is 0. The van der Waals surface area contributed by atoms with Crippen LogP contribution in [0.4, 0.5) is 5.82 Å². The van der Waals surface area contributed by atoms with E-state index in [0.29, 0.717) is 25.3 Å². The standard InChI is InChI=1S/C22H29N5O4S/c23-20-15-10-14(32-17(15)6-8-24-20)11-26-21(30)16-7-9-27(16)22(31)19(25-12-18(28)29)13-4-2-1-3-5-13/h6,8,10,13,16,19,25H,1-5,7,9,11-12H2,(H2,23,24)(H,26,30)(H,28,29)/t16-,19+/m0/s1. The maximum atomic E-state index is 13.3. The van der Waals surface area contributed by atoms with Gasteiger partial charge >= 0.3 is 5.97 Å². The van der Waals surface area contributed by atoms with E-state index < -0.39 is 18.1 Å². The van der Waals surface area contributed by atoms with E-state index in [0.717, 1.165) is 47.1 Å². The molecule has 0 unspecified atom stereocenters. The van der Waals surface area contributed by atoms with Crippen LogP contribution in [0.2, 0.25) is 0 Å². The van der Waals surface area contributed by atoms with Gasteiger partial charge in [-0.25, -0.2) is 4.98 Å². The van der Waals surface area contributed by atoms with Gasteiger partial charge in [-0.2, -0.15) is 0 Å². The van der Waals surface area contributed by atoms with Crippen molar-refractivity contribution in [2.75, 3.05) is 18.8 Å². The second kappa shape index (κ2) is 9.83. The summed E-state index contributed by atoms with van der Waals surface area (Å²) in [5.41, 5.74) is 5.91. The van der Waals surface area contributed by atoms with Gasteiger partial charge in [-0.3, -0.25) is 19.7 Å². The molecule has 32 heavy (non-hydrogen) atoms. The number of thiophene rings is 1. The highest BCUT2D eigenvalue weighted by Crippen LogP contribution is 2.30. The number of nitrogen functional groups attached to an aromatic ring is 1. The largest absolute Gasteiger partial charge is 0.480 e. The van der Waals surface area contributed by atoms with E-state index in [2.05, 4.69) is 15.6 Å². The van der Waals surface area contributed by atoms with E-state index >= 15 is 0 Å². The number of carbonyl (C=O) groups excluding carboxylic acids is 2. The lowest BCUT2D eigenvalue weighted by Gasteiger charge is -2.43. The first kappa shape index (κ1) is 22.5. The zero-order valence-electron chi connectivity index (χ0n) is 17.9. The third-order valence-electron chi connectivity index (χ3n) is 6.43. The number of nitrogens with zero attached hydrogens (tertiary/aromatic N) is 2. The highest BCUT2D eigenvalue weighted by atomic mass is 32.1. The number of aliphatic carboxylic acids is 1. The smallest absolute Gasteiger partial charge is 0.317 e. The number of carboxylic acids is 1. The summed E-state index contributed by atoms with van der Waals surface area (Å²) in [6, 6.07) is 2.76. The Kier molecular flexibility index (Phi) is 6.90. The number of hydrogen-bond donors (Lipinski definition) is 4. The van der Waals surface area contributed by atoms with E-state index in [1.54, 1.807) is 22.4 Å². The lowest BCUT2D eigenvalue weighted by Crippen LogP contribution is -2.63. The van der Waals surface area contributed by atoms with Gasteiger partial charge in [-0.05, 0) is 37.3 Å². The lowest BCUT2D eigenvalue weighted by atomic mass is 9.82. The van der Waals surface area contributed by atoms with Gasteiger partial charge < -0.3 is 21.1 Å². The molecular formula is C22H29N5O4S.